The van der Waals surface area contributed by atoms with Gasteiger partial charge in [0.25, 0.3) is 0 Å². The van der Waals surface area contributed by atoms with Gasteiger partial charge in [-0.1, -0.05) is 26.8 Å². The summed E-state index contributed by atoms with van der Waals surface area (Å²) < 4.78 is 0. The molecule has 1 unspecified atom stereocenters. The second kappa shape index (κ2) is 7.07. The third kappa shape index (κ3) is 5.60. The molecule has 1 rings (SSSR count). The van der Waals surface area contributed by atoms with Crippen molar-refractivity contribution in [2.45, 2.75) is 44.8 Å². The van der Waals surface area contributed by atoms with Crippen molar-refractivity contribution in [2.24, 2.45) is 5.92 Å². The molecule has 0 saturated carbocycles. The maximum Gasteiger partial charge on any atom is 0.0191 e. The smallest absolute Gasteiger partial charge is 0.0191 e. The Kier molecular flexibility index (Phi) is 6.07. The maximum atomic E-state index is 3.51. The summed E-state index contributed by atoms with van der Waals surface area (Å²) in [7, 11) is 0. The Bertz CT molecular complexity index is 347. The van der Waals surface area contributed by atoms with E-state index in [0.717, 1.165) is 19.0 Å². The molecule has 1 aromatic carbocycles. The van der Waals surface area contributed by atoms with Gasteiger partial charge in [-0.05, 0) is 49.6 Å². The van der Waals surface area contributed by atoms with Crippen LogP contribution in [-0.2, 0) is 0 Å². The molecule has 0 aromatic heterocycles. The Morgan fingerprint density at radius 1 is 1.06 bits per heavy atom. The second-order valence-electron chi connectivity index (χ2n) is 5.23. The zero-order valence-corrected chi connectivity index (χ0v) is 12.5. The minimum absolute atomic E-state index is 0.621. The fourth-order valence-corrected chi connectivity index (χ4v) is 2.69. The van der Waals surface area contributed by atoms with E-state index in [1.54, 1.807) is 0 Å². The predicted octanol–water partition coefficient (Wildman–Crippen LogP) is 4.03. The van der Waals surface area contributed by atoms with E-state index in [1.165, 1.54) is 16.0 Å². The lowest BCUT2D eigenvalue weighted by molar-refractivity contribution is 0.554. The molecule has 0 saturated heterocycles. The van der Waals surface area contributed by atoms with Crippen LogP contribution in [0.15, 0.2) is 23.1 Å². The predicted molar refractivity (Wildman–Crippen MR) is 78.9 cm³/mol. The fraction of sp³-hybridized carbons (Fsp3) is 0.600. The molecule has 0 bridgehead atoms. The minimum Gasteiger partial charge on any atom is -0.315 e. The van der Waals surface area contributed by atoms with Gasteiger partial charge in [-0.2, -0.15) is 0 Å². The summed E-state index contributed by atoms with van der Waals surface area (Å²) in [6.07, 6.45) is 0. The molecule has 2 heteroatoms. The monoisotopic (exact) mass is 251 g/mol. The van der Waals surface area contributed by atoms with Gasteiger partial charge in [0.15, 0.2) is 0 Å². The van der Waals surface area contributed by atoms with E-state index in [0.29, 0.717) is 5.25 Å². The summed E-state index contributed by atoms with van der Waals surface area (Å²) in [5.41, 5.74) is 2.76. The van der Waals surface area contributed by atoms with Crippen molar-refractivity contribution in [3.8, 4) is 0 Å². The molecule has 96 valence electrons. The van der Waals surface area contributed by atoms with Gasteiger partial charge < -0.3 is 5.32 Å². The van der Waals surface area contributed by atoms with Crippen molar-refractivity contribution in [2.75, 3.05) is 13.1 Å². The lowest BCUT2D eigenvalue weighted by Crippen LogP contribution is -2.26. The van der Waals surface area contributed by atoms with Gasteiger partial charge in [0.1, 0.15) is 0 Å². The van der Waals surface area contributed by atoms with Gasteiger partial charge in [0.2, 0.25) is 0 Å². The fourth-order valence-electron chi connectivity index (χ4n) is 1.64. The topological polar surface area (TPSA) is 12.0 Å². The highest BCUT2D eigenvalue weighted by molar-refractivity contribution is 8.00. The quantitative estimate of drug-likeness (QED) is 0.766. The molecular weight excluding hydrogens is 226 g/mol. The molecule has 1 nitrogen and oxygen atoms in total. The molecule has 0 spiro atoms. The summed E-state index contributed by atoms with van der Waals surface area (Å²) >= 11 is 1.96. The molecule has 17 heavy (non-hydrogen) atoms. The summed E-state index contributed by atoms with van der Waals surface area (Å²) in [6.45, 7) is 13.3. The van der Waals surface area contributed by atoms with Gasteiger partial charge in [0, 0.05) is 16.7 Å². The van der Waals surface area contributed by atoms with Crippen LogP contribution < -0.4 is 5.32 Å². The Morgan fingerprint density at radius 2 is 1.76 bits per heavy atom. The summed E-state index contributed by atoms with van der Waals surface area (Å²) in [6, 6.07) is 6.73. The Morgan fingerprint density at radius 3 is 2.35 bits per heavy atom. The van der Waals surface area contributed by atoms with Crippen LogP contribution in [0.1, 0.15) is 31.9 Å². The molecule has 1 aromatic rings. The summed E-state index contributed by atoms with van der Waals surface area (Å²) in [5.74, 6) is 0.730. The standard InChI is InChI=1S/C15H25NS/c1-11(2)9-16-10-14(5)17-15-7-6-12(3)13(4)8-15/h6-8,11,14,16H,9-10H2,1-5H3. The minimum atomic E-state index is 0.621. The van der Waals surface area contributed by atoms with E-state index >= 15 is 0 Å². The second-order valence-corrected chi connectivity index (χ2v) is 6.74. The van der Waals surface area contributed by atoms with Gasteiger partial charge in [0.05, 0.1) is 0 Å². The highest BCUT2D eigenvalue weighted by Gasteiger charge is 2.05. The van der Waals surface area contributed by atoms with Crippen LogP contribution >= 0.6 is 11.8 Å². The van der Waals surface area contributed by atoms with Gasteiger partial charge in [-0.3, -0.25) is 0 Å². The molecule has 0 heterocycles. The highest BCUT2D eigenvalue weighted by Crippen LogP contribution is 2.24. The lowest BCUT2D eigenvalue weighted by Gasteiger charge is -2.14. The van der Waals surface area contributed by atoms with Crippen LogP contribution in [0.4, 0.5) is 0 Å². The first kappa shape index (κ1) is 14.6. The van der Waals surface area contributed by atoms with Crippen molar-refractivity contribution in [1.29, 1.82) is 0 Å². The van der Waals surface area contributed by atoms with Gasteiger partial charge in [-0.15, -0.1) is 11.8 Å². The van der Waals surface area contributed by atoms with Gasteiger partial charge in [-0.25, -0.2) is 0 Å². The zero-order valence-electron chi connectivity index (χ0n) is 11.7. The van der Waals surface area contributed by atoms with Crippen LogP contribution in [0.25, 0.3) is 0 Å². The molecule has 1 N–H and O–H groups in total. The Labute approximate surface area is 110 Å². The van der Waals surface area contributed by atoms with Crippen molar-refractivity contribution >= 4 is 11.8 Å². The molecule has 0 fully saturated rings. The molecular formula is C15H25NS. The average molecular weight is 251 g/mol. The molecule has 0 aliphatic rings. The van der Waals surface area contributed by atoms with Crippen molar-refractivity contribution in [1.82, 2.24) is 5.32 Å². The average Bonchev–Trinajstić information content (AvgIpc) is 2.23. The van der Waals surface area contributed by atoms with Crippen molar-refractivity contribution in [3.05, 3.63) is 29.3 Å². The molecule has 0 amide bonds. The lowest BCUT2D eigenvalue weighted by atomic mass is 10.1. The van der Waals surface area contributed by atoms with Gasteiger partial charge >= 0.3 is 0 Å². The summed E-state index contributed by atoms with van der Waals surface area (Å²) in [4.78, 5) is 1.38. The number of nitrogens with one attached hydrogen (secondary N) is 1. The molecule has 1 atom stereocenters. The van der Waals surface area contributed by atoms with Crippen LogP contribution in [0, 0.1) is 19.8 Å². The largest absolute Gasteiger partial charge is 0.315 e. The van der Waals surface area contributed by atoms with E-state index in [2.05, 4.69) is 58.1 Å². The van der Waals surface area contributed by atoms with E-state index in [-0.39, 0.29) is 0 Å². The summed E-state index contributed by atoms with van der Waals surface area (Å²) in [5, 5.41) is 4.13. The first-order valence-corrected chi connectivity index (χ1v) is 7.31. The van der Waals surface area contributed by atoms with E-state index in [1.807, 2.05) is 11.8 Å². The van der Waals surface area contributed by atoms with Crippen LogP contribution in [-0.4, -0.2) is 18.3 Å². The molecule has 0 aliphatic carbocycles. The third-order valence-electron chi connectivity index (χ3n) is 2.80. The number of rotatable bonds is 6. The number of hydrogen-bond donors (Lipinski definition) is 1. The van der Waals surface area contributed by atoms with Crippen LogP contribution in [0.3, 0.4) is 0 Å². The first-order chi connectivity index (χ1) is 7.99. The normalized spacial score (nSPS) is 13.1. The number of hydrogen-bond acceptors (Lipinski definition) is 2. The van der Waals surface area contributed by atoms with Crippen molar-refractivity contribution in [3.63, 3.8) is 0 Å². The Hall–Kier alpha value is -0.470. The molecule has 0 aliphatic heterocycles. The van der Waals surface area contributed by atoms with E-state index in [4.69, 9.17) is 0 Å². The van der Waals surface area contributed by atoms with E-state index in [9.17, 15) is 0 Å². The van der Waals surface area contributed by atoms with Crippen LogP contribution in [0.2, 0.25) is 0 Å². The first-order valence-electron chi connectivity index (χ1n) is 6.43. The van der Waals surface area contributed by atoms with Crippen molar-refractivity contribution < 1.29 is 0 Å². The third-order valence-corrected chi connectivity index (χ3v) is 3.90. The zero-order chi connectivity index (χ0) is 12.8. The Balaban J connectivity index is 2.39. The van der Waals surface area contributed by atoms with E-state index < -0.39 is 0 Å². The molecule has 0 radical (unpaired) electrons. The number of aryl methyl sites for hydroxylation is 2. The SMILES string of the molecule is Cc1ccc(SC(C)CNCC(C)C)cc1C. The number of thioether (sulfide) groups is 1. The van der Waals surface area contributed by atoms with Crippen LogP contribution in [0.5, 0.6) is 0 Å². The maximum absolute atomic E-state index is 3.51. The number of benzene rings is 1. The highest BCUT2D eigenvalue weighted by atomic mass is 32.2.